The SMILES string of the molecule is Cc1cc([N+](=O)[O-])nn1Cc1ccc(-c2nc3c4cn[nH]c4ncn3n2)cc1. The van der Waals surface area contributed by atoms with Crippen LogP contribution in [0.4, 0.5) is 5.82 Å². The average molecular weight is 375 g/mol. The summed E-state index contributed by atoms with van der Waals surface area (Å²) in [4.78, 5) is 19.2. The molecule has 1 N–H and O–H groups in total. The molecule has 0 saturated heterocycles. The fourth-order valence-corrected chi connectivity index (χ4v) is 3.04. The fourth-order valence-electron chi connectivity index (χ4n) is 3.04. The van der Waals surface area contributed by atoms with E-state index in [1.165, 1.54) is 6.07 Å². The summed E-state index contributed by atoms with van der Waals surface area (Å²) in [6, 6.07) is 9.15. The lowest BCUT2D eigenvalue weighted by Crippen LogP contribution is -2.04. The van der Waals surface area contributed by atoms with Gasteiger partial charge in [0.1, 0.15) is 6.33 Å². The van der Waals surface area contributed by atoms with E-state index < -0.39 is 4.92 Å². The molecule has 11 nitrogen and oxygen atoms in total. The third-order valence-electron chi connectivity index (χ3n) is 4.49. The van der Waals surface area contributed by atoms with E-state index in [0.29, 0.717) is 23.7 Å². The van der Waals surface area contributed by atoms with Crippen molar-refractivity contribution in [1.29, 1.82) is 0 Å². The lowest BCUT2D eigenvalue weighted by atomic mass is 10.1. The van der Waals surface area contributed by atoms with Gasteiger partial charge in [0, 0.05) is 5.56 Å². The molecule has 1 aromatic carbocycles. The summed E-state index contributed by atoms with van der Waals surface area (Å²) < 4.78 is 3.23. The maximum atomic E-state index is 10.9. The number of H-pyrrole nitrogens is 1. The van der Waals surface area contributed by atoms with Crippen LogP contribution < -0.4 is 0 Å². The molecule has 0 aliphatic heterocycles. The maximum absolute atomic E-state index is 10.9. The third-order valence-corrected chi connectivity index (χ3v) is 4.49. The van der Waals surface area contributed by atoms with Gasteiger partial charge in [-0.3, -0.25) is 5.10 Å². The van der Waals surface area contributed by atoms with Gasteiger partial charge in [-0.05, 0) is 17.4 Å². The quantitative estimate of drug-likeness (QED) is 0.376. The van der Waals surface area contributed by atoms with Crippen molar-refractivity contribution in [3.05, 3.63) is 64.2 Å². The van der Waals surface area contributed by atoms with E-state index in [1.54, 1.807) is 28.6 Å². The van der Waals surface area contributed by atoms with Crippen LogP contribution in [0.15, 0.2) is 42.9 Å². The molecule has 5 rings (SSSR count). The molecule has 28 heavy (non-hydrogen) atoms. The van der Waals surface area contributed by atoms with Gasteiger partial charge in [0.25, 0.3) is 0 Å². The molecule has 0 radical (unpaired) electrons. The number of nitro groups is 1. The fraction of sp³-hybridized carbons (Fsp3) is 0.118. The molecule has 11 heteroatoms. The Kier molecular flexibility index (Phi) is 3.41. The minimum absolute atomic E-state index is 0.151. The molecule has 0 aliphatic carbocycles. The van der Waals surface area contributed by atoms with Crippen molar-refractivity contribution in [3.63, 3.8) is 0 Å². The van der Waals surface area contributed by atoms with E-state index in [2.05, 4.69) is 30.4 Å². The molecular weight excluding hydrogens is 362 g/mol. The Morgan fingerprint density at radius 1 is 1.21 bits per heavy atom. The zero-order valence-electron chi connectivity index (χ0n) is 14.6. The van der Waals surface area contributed by atoms with Gasteiger partial charge in [-0.25, -0.2) is 14.5 Å². The highest BCUT2D eigenvalue weighted by Gasteiger charge is 2.16. The zero-order valence-corrected chi connectivity index (χ0v) is 14.6. The Labute approximate surface area is 156 Å². The van der Waals surface area contributed by atoms with E-state index in [-0.39, 0.29) is 5.82 Å². The van der Waals surface area contributed by atoms with E-state index in [4.69, 9.17) is 0 Å². The summed E-state index contributed by atoms with van der Waals surface area (Å²) in [6.07, 6.45) is 3.26. The first-order chi connectivity index (χ1) is 13.6. The number of hydrogen-bond donors (Lipinski definition) is 1. The van der Waals surface area contributed by atoms with Crippen LogP contribution in [0.1, 0.15) is 11.3 Å². The van der Waals surface area contributed by atoms with Gasteiger partial charge in [0.2, 0.25) is 0 Å². The highest BCUT2D eigenvalue weighted by atomic mass is 16.6. The monoisotopic (exact) mass is 375 g/mol. The molecule has 5 aromatic rings. The number of nitrogens with zero attached hydrogens (tertiary/aromatic N) is 8. The summed E-state index contributed by atoms with van der Waals surface area (Å²) in [5.41, 5.74) is 3.89. The number of fused-ring (bicyclic) bond motifs is 3. The second-order valence-corrected chi connectivity index (χ2v) is 6.34. The van der Waals surface area contributed by atoms with Crippen molar-refractivity contribution in [2.24, 2.45) is 0 Å². The van der Waals surface area contributed by atoms with Gasteiger partial charge in [0.15, 0.2) is 17.1 Å². The number of benzene rings is 1. The van der Waals surface area contributed by atoms with Crippen LogP contribution in [0.2, 0.25) is 0 Å². The molecule has 0 aliphatic rings. The van der Waals surface area contributed by atoms with Gasteiger partial charge in [-0.15, -0.1) is 5.10 Å². The molecule has 4 aromatic heterocycles. The number of hydrogen-bond acceptors (Lipinski definition) is 7. The Hall–Kier alpha value is -4.15. The largest absolute Gasteiger partial charge is 0.390 e. The molecule has 0 fully saturated rings. The van der Waals surface area contributed by atoms with Gasteiger partial charge in [-0.2, -0.15) is 9.78 Å². The van der Waals surface area contributed by atoms with Crippen LogP contribution in [0, 0.1) is 17.0 Å². The lowest BCUT2D eigenvalue weighted by Gasteiger charge is -2.02. The summed E-state index contributed by atoms with van der Waals surface area (Å²) in [5, 5.41) is 26.9. The van der Waals surface area contributed by atoms with E-state index in [9.17, 15) is 10.1 Å². The van der Waals surface area contributed by atoms with Crippen molar-refractivity contribution in [2.45, 2.75) is 13.5 Å². The number of nitrogens with one attached hydrogen (secondary N) is 1. The molecule has 4 heterocycles. The standard InChI is InChI=1S/C17H13N9O2/c1-10-6-14(26(27)28)22-24(10)8-11-2-4-12(5-3-11)15-20-17-13-7-19-21-16(13)18-9-25(17)23-15/h2-7,9H,8H2,1H3,(H,19,21). The lowest BCUT2D eigenvalue weighted by molar-refractivity contribution is -0.389. The van der Waals surface area contributed by atoms with Crippen molar-refractivity contribution in [2.75, 3.05) is 0 Å². The van der Waals surface area contributed by atoms with E-state index in [1.807, 2.05) is 24.3 Å². The van der Waals surface area contributed by atoms with E-state index in [0.717, 1.165) is 22.2 Å². The maximum Gasteiger partial charge on any atom is 0.390 e. The van der Waals surface area contributed by atoms with Gasteiger partial charge in [-0.1, -0.05) is 24.3 Å². The third kappa shape index (κ3) is 2.57. The summed E-state index contributed by atoms with van der Waals surface area (Å²) >= 11 is 0. The number of aromatic nitrogens is 8. The Balaban J connectivity index is 1.45. The predicted molar refractivity (Wildman–Crippen MR) is 98.6 cm³/mol. The summed E-state index contributed by atoms with van der Waals surface area (Å²) in [6.45, 7) is 2.23. The number of aryl methyl sites for hydroxylation is 1. The summed E-state index contributed by atoms with van der Waals surface area (Å²) in [7, 11) is 0. The zero-order chi connectivity index (χ0) is 19.3. The highest BCUT2D eigenvalue weighted by molar-refractivity contribution is 5.88. The molecule has 0 bridgehead atoms. The van der Waals surface area contributed by atoms with Crippen LogP contribution in [0.5, 0.6) is 0 Å². The molecule has 138 valence electrons. The Bertz CT molecular complexity index is 1330. The molecular formula is C17H13N9O2. The minimum atomic E-state index is -0.493. The minimum Gasteiger partial charge on any atom is -0.358 e. The molecule has 0 saturated carbocycles. The first-order valence-corrected chi connectivity index (χ1v) is 8.41. The molecule has 0 atom stereocenters. The first-order valence-electron chi connectivity index (χ1n) is 8.41. The highest BCUT2D eigenvalue weighted by Crippen LogP contribution is 2.21. The van der Waals surface area contributed by atoms with Crippen molar-refractivity contribution < 1.29 is 4.92 Å². The van der Waals surface area contributed by atoms with Gasteiger partial charge in [0.05, 0.1) is 35.0 Å². The van der Waals surface area contributed by atoms with Crippen LogP contribution in [-0.2, 0) is 6.54 Å². The number of aromatic amines is 1. The van der Waals surface area contributed by atoms with Crippen LogP contribution >= 0.6 is 0 Å². The second kappa shape index (κ2) is 5.94. The van der Waals surface area contributed by atoms with Gasteiger partial charge < -0.3 is 10.1 Å². The van der Waals surface area contributed by atoms with Crippen LogP contribution in [0.3, 0.4) is 0 Å². The van der Waals surface area contributed by atoms with Crippen LogP contribution in [-0.4, -0.2) is 44.5 Å². The Morgan fingerprint density at radius 3 is 2.79 bits per heavy atom. The topological polar surface area (TPSA) is 133 Å². The van der Waals surface area contributed by atoms with Gasteiger partial charge >= 0.3 is 5.82 Å². The second-order valence-electron chi connectivity index (χ2n) is 6.34. The van der Waals surface area contributed by atoms with Crippen molar-refractivity contribution in [1.82, 2.24) is 39.6 Å². The molecule has 0 spiro atoms. The van der Waals surface area contributed by atoms with E-state index >= 15 is 0 Å². The Morgan fingerprint density at radius 2 is 2.04 bits per heavy atom. The first kappa shape index (κ1) is 16.1. The normalized spacial score (nSPS) is 11.5. The smallest absolute Gasteiger partial charge is 0.358 e. The van der Waals surface area contributed by atoms with Crippen LogP contribution in [0.25, 0.3) is 28.1 Å². The van der Waals surface area contributed by atoms with Crippen molar-refractivity contribution >= 4 is 22.5 Å². The van der Waals surface area contributed by atoms with Crippen molar-refractivity contribution in [3.8, 4) is 11.4 Å². The average Bonchev–Trinajstić information content (AvgIpc) is 3.40. The predicted octanol–water partition coefficient (Wildman–Crippen LogP) is 2.13. The summed E-state index contributed by atoms with van der Waals surface area (Å²) in [5.74, 6) is 0.426. The molecule has 0 amide bonds. The molecule has 0 unspecified atom stereocenters. The number of rotatable bonds is 4.